The highest BCUT2D eigenvalue weighted by Gasteiger charge is 2.18. The SMILES string of the molecule is Cc1ccc(N(C(=O)/C=C/C(N)=O)c2ccc(C)c(F)c2)cc1F. The Labute approximate surface area is 138 Å². The number of anilines is 2. The average molecular weight is 330 g/mol. The van der Waals surface area contributed by atoms with Crippen molar-refractivity contribution < 1.29 is 18.4 Å². The molecule has 0 unspecified atom stereocenters. The van der Waals surface area contributed by atoms with E-state index in [4.69, 9.17) is 5.73 Å². The number of rotatable bonds is 4. The minimum Gasteiger partial charge on any atom is -0.366 e. The van der Waals surface area contributed by atoms with E-state index in [0.29, 0.717) is 11.1 Å². The van der Waals surface area contributed by atoms with Crippen LogP contribution in [0.2, 0.25) is 0 Å². The van der Waals surface area contributed by atoms with Crippen LogP contribution in [0.5, 0.6) is 0 Å². The van der Waals surface area contributed by atoms with Crippen LogP contribution >= 0.6 is 0 Å². The molecule has 0 heterocycles. The van der Waals surface area contributed by atoms with Gasteiger partial charge in [0.2, 0.25) is 5.91 Å². The minimum atomic E-state index is -0.798. The van der Waals surface area contributed by atoms with Crippen LogP contribution in [-0.4, -0.2) is 11.8 Å². The van der Waals surface area contributed by atoms with Crippen molar-refractivity contribution in [3.05, 3.63) is 71.3 Å². The average Bonchev–Trinajstić information content (AvgIpc) is 2.52. The normalized spacial score (nSPS) is 10.8. The van der Waals surface area contributed by atoms with Gasteiger partial charge in [-0.05, 0) is 49.2 Å². The second-order valence-electron chi connectivity index (χ2n) is 5.28. The molecule has 2 aromatic carbocycles. The molecular formula is C18H16F2N2O2. The van der Waals surface area contributed by atoms with Crippen molar-refractivity contribution >= 4 is 23.2 Å². The van der Waals surface area contributed by atoms with Crippen LogP contribution in [0.15, 0.2) is 48.6 Å². The van der Waals surface area contributed by atoms with E-state index >= 15 is 0 Å². The van der Waals surface area contributed by atoms with Crippen molar-refractivity contribution in [1.82, 2.24) is 0 Å². The molecule has 124 valence electrons. The van der Waals surface area contributed by atoms with Gasteiger partial charge in [0.05, 0.1) is 11.4 Å². The van der Waals surface area contributed by atoms with Gasteiger partial charge in [-0.2, -0.15) is 0 Å². The van der Waals surface area contributed by atoms with Gasteiger partial charge in [-0.1, -0.05) is 12.1 Å². The number of carbonyl (C=O) groups is 2. The fourth-order valence-electron chi connectivity index (χ4n) is 2.07. The molecule has 0 bridgehead atoms. The summed E-state index contributed by atoms with van der Waals surface area (Å²) >= 11 is 0. The van der Waals surface area contributed by atoms with Gasteiger partial charge >= 0.3 is 0 Å². The summed E-state index contributed by atoms with van der Waals surface area (Å²) < 4.78 is 27.7. The number of nitrogens with zero attached hydrogens (tertiary/aromatic N) is 1. The topological polar surface area (TPSA) is 63.4 Å². The highest BCUT2D eigenvalue weighted by Crippen LogP contribution is 2.28. The number of aryl methyl sites for hydroxylation is 2. The smallest absolute Gasteiger partial charge is 0.255 e. The van der Waals surface area contributed by atoms with Crippen LogP contribution in [0.3, 0.4) is 0 Å². The van der Waals surface area contributed by atoms with E-state index in [1.165, 1.54) is 36.4 Å². The summed E-state index contributed by atoms with van der Waals surface area (Å²) in [7, 11) is 0. The Hall–Kier alpha value is -3.02. The monoisotopic (exact) mass is 330 g/mol. The minimum absolute atomic E-state index is 0.209. The number of primary amides is 1. The van der Waals surface area contributed by atoms with Gasteiger partial charge in [-0.15, -0.1) is 0 Å². The molecular weight excluding hydrogens is 314 g/mol. The number of hydrogen-bond donors (Lipinski definition) is 1. The van der Waals surface area contributed by atoms with Gasteiger partial charge in [0.25, 0.3) is 5.91 Å². The zero-order valence-corrected chi connectivity index (χ0v) is 13.2. The van der Waals surface area contributed by atoms with Crippen LogP contribution in [0.25, 0.3) is 0 Å². The van der Waals surface area contributed by atoms with Gasteiger partial charge in [0.15, 0.2) is 0 Å². The summed E-state index contributed by atoms with van der Waals surface area (Å²) in [4.78, 5) is 24.4. The molecule has 0 saturated heterocycles. The van der Waals surface area contributed by atoms with Crippen molar-refractivity contribution in [2.75, 3.05) is 4.90 Å². The number of halogens is 2. The number of amides is 2. The molecule has 0 aliphatic heterocycles. The zero-order chi connectivity index (χ0) is 17.9. The predicted octanol–water partition coefficient (Wildman–Crippen LogP) is 3.29. The molecule has 2 rings (SSSR count). The Morgan fingerprint density at radius 2 is 1.38 bits per heavy atom. The molecule has 0 aliphatic rings. The lowest BCUT2D eigenvalue weighted by Crippen LogP contribution is -2.25. The highest BCUT2D eigenvalue weighted by molar-refractivity contribution is 6.09. The first-order chi connectivity index (χ1) is 11.3. The molecule has 0 fully saturated rings. The lowest BCUT2D eigenvalue weighted by Gasteiger charge is -2.22. The van der Waals surface area contributed by atoms with E-state index in [0.717, 1.165) is 17.1 Å². The summed E-state index contributed by atoms with van der Waals surface area (Å²) in [6.45, 7) is 3.17. The van der Waals surface area contributed by atoms with Crippen LogP contribution in [0.1, 0.15) is 11.1 Å². The quantitative estimate of drug-likeness (QED) is 0.874. The molecule has 0 aliphatic carbocycles. The molecule has 6 heteroatoms. The van der Waals surface area contributed by atoms with E-state index in [9.17, 15) is 18.4 Å². The Morgan fingerprint density at radius 1 is 0.917 bits per heavy atom. The van der Waals surface area contributed by atoms with Crippen LogP contribution in [0.4, 0.5) is 20.2 Å². The molecule has 0 aromatic heterocycles. The second kappa shape index (κ2) is 7.04. The third-order valence-electron chi connectivity index (χ3n) is 3.44. The van der Waals surface area contributed by atoms with Gasteiger partial charge < -0.3 is 5.73 Å². The summed E-state index contributed by atoms with van der Waals surface area (Å²) in [5, 5.41) is 0. The third kappa shape index (κ3) is 3.84. The molecule has 0 saturated carbocycles. The Bertz CT molecular complexity index is 780. The lowest BCUT2D eigenvalue weighted by atomic mass is 10.1. The molecule has 2 amide bonds. The van der Waals surface area contributed by atoms with Gasteiger partial charge in [-0.3, -0.25) is 14.5 Å². The molecule has 24 heavy (non-hydrogen) atoms. The molecule has 0 atom stereocenters. The fourth-order valence-corrected chi connectivity index (χ4v) is 2.07. The largest absolute Gasteiger partial charge is 0.366 e. The van der Waals surface area contributed by atoms with Crippen molar-refractivity contribution in [1.29, 1.82) is 0 Å². The van der Waals surface area contributed by atoms with E-state index in [1.807, 2.05) is 0 Å². The third-order valence-corrected chi connectivity index (χ3v) is 3.44. The Morgan fingerprint density at radius 3 is 1.75 bits per heavy atom. The maximum absolute atomic E-state index is 13.9. The number of carbonyl (C=O) groups excluding carboxylic acids is 2. The molecule has 2 N–H and O–H groups in total. The Kier molecular flexibility index (Phi) is 5.08. The first kappa shape index (κ1) is 17.3. The van der Waals surface area contributed by atoms with Gasteiger partial charge in [0.1, 0.15) is 11.6 Å². The predicted molar refractivity (Wildman–Crippen MR) is 87.8 cm³/mol. The van der Waals surface area contributed by atoms with E-state index in [-0.39, 0.29) is 11.4 Å². The standard InChI is InChI=1S/C18H16F2N2O2/c1-11-3-5-13(9-15(11)19)22(18(24)8-7-17(21)23)14-6-4-12(2)16(20)10-14/h3-10H,1-2H3,(H2,21,23)/b8-7+. The van der Waals surface area contributed by atoms with Crippen LogP contribution in [-0.2, 0) is 9.59 Å². The highest BCUT2D eigenvalue weighted by atomic mass is 19.1. The number of benzene rings is 2. The first-order valence-electron chi connectivity index (χ1n) is 7.13. The second-order valence-corrected chi connectivity index (χ2v) is 5.28. The van der Waals surface area contributed by atoms with E-state index < -0.39 is 23.4 Å². The summed E-state index contributed by atoms with van der Waals surface area (Å²) in [5.74, 6) is -2.46. The zero-order valence-electron chi connectivity index (χ0n) is 13.2. The Balaban J connectivity index is 2.55. The number of hydrogen-bond acceptors (Lipinski definition) is 2. The molecule has 0 spiro atoms. The summed E-state index contributed by atoms with van der Waals surface area (Å²) in [5.41, 5.74) is 6.23. The maximum Gasteiger partial charge on any atom is 0.255 e. The van der Waals surface area contributed by atoms with Crippen molar-refractivity contribution in [3.8, 4) is 0 Å². The van der Waals surface area contributed by atoms with Crippen molar-refractivity contribution in [3.63, 3.8) is 0 Å². The molecule has 2 aromatic rings. The van der Waals surface area contributed by atoms with E-state index in [2.05, 4.69) is 0 Å². The molecule has 4 nitrogen and oxygen atoms in total. The summed E-state index contributed by atoms with van der Waals surface area (Å²) in [6.07, 6.45) is 1.85. The maximum atomic E-state index is 13.9. The van der Waals surface area contributed by atoms with E-state index in [1.54, 1.807) is 13.8 Å². The number of nitrogens with two attached hydrogens (primary N) is 1. The molecule has 0 radical (unpaired) electrons. The van der Waals surface area contributed by atoms with Crippen LogP contribution in [0, 0.1) is 25.5 Å². The summed E-state index contributed by atoms with van der Waals surface area (Å²) in [6, 6.07) is 8.42. The lowest BCUT2D eigenvalue weighted by molar-refractivity contribution is -0.115. The first-order valence-corrected chi connectivity index (χ1v) is 7.13. The fraction of sp³-hybridized carbons (Fsp3) is 0.111. The van der Waals surface area contributed by atoms with Gasteiger partial charge in [0, 0.05) is 12.2 Å². The van der Waals surface area contributed by atoms with Crippen molar-refractivity contribution in [2.45, 2.75) is 13.8 Å². The van der Waals surface area contributed by atoms with Gasteiger partial charge in [-0.25, -0.2) is 8.78 Å². The van der Waals surface area contributed by atoms with Crippen molar-refractivity contribution in [2.24, 2.45) is 5.73 Å². The van der Waals surface area contributed by atoms with Crippen LogP contribution < -0.4 is 10.6 Å².